The maximum atomic E-state index is 11.4. The Morgan fingerprint density at radius 2 is 2.29 bits per heavy atom. The molecule has 4 heteroatoms. The number of nitrogens with zero attached hydrogens (tertiary/aromatic N) is 1. The fourth-order valence-electron chi connectivity index (χ4n) is 1.62. The zero-order valence-electron chi connectivity index (χ0n) is 9.46. The van der Waals surface area contributed by atoms with E-state index in [1.165, 1.54) is 0 Å². The summed E-state index contributed by atoms with van der Waals surface area (Å²) in [5, 5.41) is 10.7. The van der Waals surface area contributed by atoms with Gasteiger partial charge < -0.3 is 9.84 Å². The average molecular weight is 231 g/mol. The molecule has 0 radical (unpaired) electrons. The van der Waals surface area contributed by atoms with Crippen molar-refractivity contribution in [2.75, 3.05) is 6.61 Å². The lowest BCUT2D eigenvalue weighted by molar-refractivity contribution is -0.153. The minimum absolute atomic E-state index is 0.255. The first kappa shape index (κ1) is 11.5. The van der Waals surface area contributed by atoms with Crippen molar-refractivity contribution in [1.82, 2.24) is 4.98 Å². The molecule has 0 saturated heterocycles. The highest BCUT2D eigenvalue weighted by atomic mass is 16.5. The van der Waals surface area contributed by atoms with E-state index in [0.29, 0.717) is 5.56 Å². The molecule has 0 fully saturated rings. The van der Waals surface area contributed by atoms with Crippen LogP contribution in [0, 0.1) is 0 Å². The zero-order valence-corrected chi connectivity index (χ0v) is 9.46. The molecule has 0 amide bonds. The van der Waals surface area contributed by atoms with Crippen LogP contribution in [0.4, 0.5) is 0 Å². The third-order valence-electron chi connectivity index (χ3n) is 2.45. The summed E-state index contributed by atoms with van der Waals surface area (Å²) in [4.78, 5) is 15.6. The van der Waals surface area contributed by atoms with Gasteiger partial charge in [0.1, 0.15) is 0 Å². The van der Waals surface area contributed by atoms with Crippen molar-refractivity contribution < 1.29 is 14.6 Å². The number of ether oxygens (including phenoxy) is 1. The van der Waals surface area contributed by atoms with E-state index >= 15 is 0 Å². The fourth-order valence-corrected chi connectivity index (χ4v) is 1.62. The predicted octanol–water partition coefficient (Wildman–Crippen LogP) is 1.83. The van der Waals surface area contributed by atoms with Crippen molar-refractivity contribution in [2.24, 2.45) is 0 Å². The first-order valence-corrected chi connectivity index (χ1v) is 5.41. The Kier molecular flexibility index (Phi) is 3.35. The molecule has 0 aliphatic heterocycles. The van der Waals surface area contributed by atoms with E-state index < -0.39 is 12.1 Å². The Balaban J connectivity index is 2.32. The van der Waals surface area contributed by atoms with Gasteiger partial charge in [0, 0.05) is 11.6 Å². The van der Waals surface area contributed by atoms with Gasteiger partial charge in [-0.3, -0.25) is 4.98 Å². The first-order chi connectivity index (χ1) is 8.22. The summed E-state index contributed by atoms with van der Waals surface area (Å²) in [6, 6.07) is 8.88. The van der Waals surface area contributed by atoms with Gasteiger partial charge >= 0.3 is 5.97 Å². The molecule has 0 aliphatic rings. The summed E-state index contributed by atoms with van der Waals surface area (Å²) in [7, 11) is 0. The molecule has 17 heavy (non-hydrogen) atoms. The smallest absolute Gasteiger partial charge is 0.339 e. The van der Waals surface area contributed by atoms with Crippen molar-refractivity contribution in [3.63, 3.8) is 0 Å². The van der Waals surface area contributed by atoms with Gasteiger partial charge in [0.05, 0.1) is 12.1 Å². The number of carbonyl (C=O) groups excluding carboxylic acids is 1. The number of rotatable bonds is 3. The number of benzene rings is 1. The Hall–Kier alpha value is -1.94. The van der Waals surface area contributed by atoms with Crippen molar-refractivity contribution in [1.29, 1.82) is 0 Å². The average Bonchev–Trinajstić information content (AvgIpc) is 2.37. The van der Waals surface area contributed by atoms with Gasteiger partial charge in [-0.15, -0.1) is 0 Å². The normalized spacial score (nSPS) is 12.4. The number of esters is 1. The molecule has 1 unspecified atom stereocenters. The fraction of sp³-hybridized carbons (Fsp3) is 0.231. The highest BCUT2D eigenvalue weighted by Crippen LogP contribution is 2.19. The number of aliphatic hydroxyl groups is 1. The zero-order chi connectivity index (χ0) is 12.3. The van der Waals surface area contributed by atoms with E-state index in [2.05, 4.69) is 4.98 Å². The molecule has 0 bridgehead atoms. The van der Waals surface area contributed by atoms with E-state index in [4.69, 9.17) is 4.74 Å². The first-order valence-electron chi connectivity index (χ1n) is 5.41. The summed E-state index contributed by atoms with van der Waals surface area (Å²) >= 11 is 0. The highest BCUT2D eigenvalue weighted by Gasteiger charge is 2.18. The summed E-state index contributed by atoms with van der Waals surface area (Å²) < 4.78 is 4.77. The second-order valence-electron chi connectivity index (χ2n) is 3.61. The van der Waals surface area contributed by atoms with E-state index in [9.17, 15) is 9.90 Å². The van der Waals surface area contributed by atoms with Crippen LogP contribution in [0.25, 0.3) is 10.9 Å². The molecule has 4 nitrogen and oxygen atoms in total. The molecule has 88 valence electrons. The van der Waals surface area contributed by atoms with Crippen LogP contribution in [0.5, 0.6) is 0 Å². The van der Waals surface area contributed by atoms with Crippen LogP contribution < -0.4 is 0 Å². The monoisotopic (exact) mass is 231 g/mol. The van der Waals surface area contributed by atoms with Crippen LogP contribution in [-0.2, 0) is 9.53 Å². The Morgan fingerprint density at radius 1 is 1.47 bits per heavy atom. The lowest BCUT2D eigenvalue weighted by Gasteiger charge is -2.10. The Bertz CT molecular complexity index is 539. The summed E-state index contributed by atoms with van der Waals surface area (Å²) in [5.74, 6) is -0.629. The van der Waals surface area contributed by atoms with E-state index in [1.54, 1.807) is 31.3 Å². The lowest BCUT2D eigenvalue weighted by Crippen LogP contribution is -2.15. The number of hydrogen-bond acceptors (Lipinski definition) is 4. The molecule has 1 aromatic carbocycles. The second-order valence-corrected chi connectivity index (χ2v) is 3.61. The van der Waals surface area contributed by atoms with Crippen LogP contribution in [0.1, 0.15) is 18.6 Å². The second kappa shape index (κ2) is 4.93. The molecule has 1 aromatic heterocycles. The van der Waals surface area contributed by atoms with Crippen molar-refractivity contribution in [3.05, 3.63) is 42.1 Å². The molecule has 1 heterocycles. The maximum Gasteiger partial charge on any atom is 0.339 e. The molecule has 0 aliphatic carbocycles. The van der Waals surface area contributed by atoms with Gasteiger partial charge in [-0.2, -0.15) is 0 Å². The van der Waals surface area contributed by atoms with Crippen LogP contribution >= 0.6 is 0 Å². The topological polar surface area (TPSA) is 59.4 Å². The number of aromatic nitrogens is 1. The summed E-state index contributed by atoms with van der Waals surface area (Å²) in [6.45, 7) is 1.96. The highest BCUT2D eigenvalue weighted by molar-refractivity contribution is 5.82. The Labute approximate surface area is 98.9 Å². The third-order valence-corrected chi connectivity index (χ3v) is 2.45. The van der Waals surface area contributed by atoms with Crippen LogP contribution in [0.3, 0.4) is 0 Å². The van der Waals surface area contributed by atoms with E-state index in [0.717, 1.165) is 10.9 Å². The minimum Gasteiger partial charge on any atom is -0.464 e. The third kappa shape index (κ3) is 2.42. The number of carbonyl (C=O) groups is 1. The summed E-state index contributed by atoms with van der Waals surface area (Å²) in [5.41, 5.74) is 1.34. The van der Waals surface area contributed by atoms with Crippen LogP contribution in [-0.4, -0.2) is 22.7 Å². The molecule has 0 spiro atoms. The van der Waals surface area contributed by atoms with Crippen molar-refractivity contribution in [3.8, 4) is 0 Å². The Morgan fingerprint density at radius 3 is 3.06 bits per heavy atom. The van der Waals surface area contributed by atoms with Crippen LogP contribution in [0.15, 0.2) is 36.5 Å². The number of pyridine rings is 1. The predicted molar refractivity (Wildman–Crippen MR) is 63.3 cm³/mol. The quantitative estimate of drug-likeness (QED) is 0.819. The van der Waals surface area contributed by atoms with Gasteiger partial charge in [0.25, 0.3) is 0 Å². The number of aliphatic hydroxyl groups excluding tert-OH is 1. The lowest BCUT2D eigenvalue weighted by atomic mass is 10.1. The molecule has 2 rings (SSSR count). The van der Waals surface area contributed by atoms with Gasteiger partial charge in [0.15, 0.2) is 6.10 Å². The molecule has 2 aromatic rings. The van der Waals surface area contributed by atoms with Gasteiger partial charge in [-0.05, 0) is 30.7 Å². The summed E-state index contributed by atoms with van der Waals surface area (Å²) in [6.07, 6.45) is 0.462. The van der Waals surface area contributed by atoms with Gasteiger partial charge in [-0.25, -0.2) is 4.79 Å². The SMILES string of the molecule is CCOC(=O)C(O)c1ccc2ncccc2c1. The standard InChI is InChI=1S/C13H13NO3/c1-2-17-13(16)12(15)10-5-6-11-9(8-10)4-3-7-14-11/h3-8,12,15H,2H2,1H3. The van der Waals surface area contributed by atoms with Crippen molar-refractivity contribution >= 4 is 16.9 Å². The molecular weight excluding hydrogens is 218 g/mol. The van der Waals surface area contributed by atoms with E-state index in [-0.39, 0.29) is 6.61 Å². The minimum atomic E-state index is -1.24. The molecule has 0 saturated carbocycles. The maximum absolute atomic E-state index is 11.4. The number of fused-ring (bicyclic) bond motifs is 1. The van der Waals surface area contributed by atoms with Gasteiger partial charge in [0.2, 0.25) is 0 Å². The molecule has 1 atom stereocenters. The largest absolute Gasteiger partial charge is 0.464 e. The molecular formula is C13H13NO3. The van der Waals surface area contributed by atoms with E-state index in [1.807, 2.05) is 12.1 Å². The van der Waals surface area contributed by atoms with Crippen molar-refractivity contribution in [2.45, 2.75) is 13.0 Å². The number of hydrogen-bond donors (Lipinski definition) is 1. The van der Waals surface area contributed by atoms with Gasteiger partial charge in [-0.1, -0.05) is 12.1 Å². The van der Waals surface area contributed by atoms with Crippen LogP contribution in [0.2, 0.25) is 0 Å². The molecule has 1 N–H and O–H groups in total.